The van der Waals surface area contributed by atoms with Crippen LogP contribution < -0.4 is 15.5 Å². The lowest BCUT2D eigenvalue weighted by molar-refractivity contribution is 0.822. The molecule has 2 N–H and O–H groups in total. The number of para-hydroxylation sites is 2. The number of hydrogen-bond donors (Lipinski definition) is 1. The SMILES string of the molecule is CN1CCN(c2ccc(CN)cc2)c2ccccc21. The molecule has 3 nitrogen and oxygen atoms in total. The molecule has 2 aromatic carbocycles. The number of fused-ring (bicyclic) bond motifs is 1. The zero-order valence-electron chi connectivity index (χ0n) is 11.2. The van der Waals surface area contributed by atoms with E-state index in [0.29, 0.717) is 6.54 Å². The minimum Gasteiger partial charge on any atom is -0.371 e. The zero-order valence-corrected chi connectivity index (χ0v) is 11.2. The van der Waals surface area contributed by atoms with Crippen molar-refractivity contribution in [1.82, 2.24) is 0 Å². The summed E-state index contributed by atoms with van der Waals surface area (Å²) in [4.78, 5) is 4.68. The predicted octanol–water partition coefficient (Wildman–Crippen LogP) is 2.73. The highest BCUT2D eigenvalue weighted by Crippen LogP contribution is 2.36. The molecule has 3 heteroatoms. The van der Waals surface area contributed by atoms with Crippen molar-refractivity contribution in [2.24, 2.45) is 5.73 Å². The molecule has 98 valence electrons. The Hall–Kier alpha value is -2.00. The fourth-order valence-electron chi connectivity index (χ4n) is 2.59. The largest absolute Gasteiger partial charge is 0.371 e. The first-order valence-electron chi connectivity index (χ1n) is 6.66. The van der Waals surface area contributed by atoms with Gasteiger partial charge in [0.1, 0.15) is 0 Å². The lowest BCUT2D eigenvalue weighted by Crippen LogP contribution is -2.36. The van der Waals surface area contributed by atoms with E-state index < -0.39 is 0 Å². The minimum absolute atomic E-state index is 0.597. The van der Waals surface area contributed by atoms with Crippen LogP contribution in [0.25, 0.3) is 0 Å². The monoisotopic (exact) mass is 253 g/mol. The number of hydrogen-bond acceptors (Lipinski definition) is 3. The van der Waals surface area contributed by atoms with Gasteiger partial charge in [0.15, 0.2) is 0 Å². The number of benzene rings is 2. The smallest absolute Gasteiger partial charge is 0.0649 e. The molecule has 0 amide bonds. The zero-order chi connectivity index (χ0) is 13.2. The van der Waals surface area contributed by atoms with Gasteiger partial charge in [0.05, 0.1) is 11.4 Å². The van der Waals surface area contributed by atoms with Gasteiger partial charge in [0, 0.05) is 32.4 Å². The Kier molecular flexibility index (Phi) is 3.13. The van der Waals surface area contributed by atoms with Crippen LogP contribution in [0.3, 0.4) is 0 Å². The maximum Gasteiger partial charge on any atom is 0.0649 e. The van der Waals surface area contributed by atoms with E-state index in [-0.39, 0.29) is 0 Å². The molecular weight excluding hydrogens is 234 g/mol. The summed E-state index contributed by atoms with van der Waals surface area (Å²) in [5, 5.41) is 0. The van der Waals surface area contributed by atoms with E-state index in [0.717, 1.165) is 13.1 Å². The molecule has 0 bridgehead atoms. The van der Waals surface area contributed by atoms with Gasteiger partial charge in [-0.3, -0.25) is 0 Å². The molecule has 0 saturated heterocycles. The summed E-state index contributed by atoms with van der Waals surface area (Å²) in [5.74, 6) is 0. The third kappa shape index (κ3) is 2.17. The first kappa shape index (κ1) is 12.1. The first-order chi connectivity index (χ1) is 9.29. The Morgan fingerprint density at radius 3 is 2.32 bits per heavy atom. The average molecular weight is 253 g/mol. The number of anilines is 3. The van der Waals surface area contributed by atoms with Crippen molar-refractivity contribution >= 4 is 17.1 Å². The second kappa shape index (κ2) is 4.94. The van der Waals surface area contributed by atoms with Gasteiger partial charge in [-0.15, -0.1) is 0 Å². The van der Waals surface area contributed by atoms with Crippen LogP contribution in [0.1, 0.15) is 5.56 Å². The molecule has 3 rings (SSSR count). The molecule has 0 spiro atoms. The van der Waals surface area contributed by atoms with Crippen LogP contribution >= 0.6 is 0 Å². The van der Waals surface area contributed by atoms with Gasteiger partial charge in [-0.25, -0.2) is 0 Å². The third-order valence-electron chi connectivity index (χ3n) is 3.73. The summed E-state index contributed by atoms with van der Waals surface area (Å²) in [6.07, 6.45) is 0. The molecule has 0 saturated carbocycles. The van der Waals surface area contributed by atoms with E-state index in [2.05, 4.69) is 65.4 Å². The molecule has 0 aliphatic carbocycles. The summed E-state index contributed by atoms with van der Waals surface area (Å²) >= 11 is 0. The van der Waals surface area contributed by atoms with Crippen LogP contribution in [-0.2, 0) is 6.54 Å². The van der Waals surface area contributed by atoms with Gasteiger partial charge in [-0.05, 0) is 29.8 Å². The Morgan fingerprint density at radius 2 is 1.63 bits per heavy atom. The number of nitrogens with zero attached hydrogens (tertiary/aromatic N) is 2. The quantitative estimate of drug-likeness (QED) is 0.893. The molecule has 1 aliphatic heterocycles. The molecule has 0 radical (unpaired) electrons. The maximum atomic E-state index is 5.65. The van der Waals surface area contributed by atoms with Crippen LogP contribution in [0.5, 0.6) is 0 Å². The van der Waals surface area contributed by atoms with Crippen LogP contribution in [0.15, 0.2) is 48.5 Å². The number of nitrogens with two attached hydrogens (primary N) is 1. The van der Waals surface area contributed by atoms with Crippen molar-refractivity contribution in [1.29, 1.82) is 0 Å². The fourth-order valence-corrected chi connectivity index (χ4v) is 2.59. The summed E-state index contributed by atoms with van der Waals surface area (Å²) in [6.45, 7) is 2.64. The molecule has 0 atom stereocenters. The van der Waals surface area contributed by atoms with Crippen LogP contribution in [0.4, 0.5) is 17.1 Å². The van der Waals surface area contributed by atoms with Crippen LogP contribution in [0.2, 0.25) is 0 Å². The van der Waals surface area contributed by atoms with E-state index in [1.54, 1.807) is 0 Å². The molecular formula is C16H19N3. The van der Waals surface area contributed by atoms with E-state index in [1.165, 1.54) is 22.6 Å². The highest BCUT2D eigenvalue weighted by atomic mass is 15.3. The molecule has 19 heavy (non-hydrogen) atoms. The Labute approximate surface area is 114 Å². The van der Waals surface area contributed by atoms with Crippen molar-refractivity contribution in [2.45, 2.75) is 6.54 Å². The van der Waals surface area contributed by atoms with Crippen molar-refractivity contribution in [3.05, 3.63) is 54.1 Å². The molecule has 0 aromatic heterocycles. The maximum absolute atomic E-state index is 5.65. The molecule has 0 fully saturated rings. The Morgan fingerprint density at radius 1 is 0.947 bits per heavy atom. The summed E-state index contributed by atoms with van der Waals surface area (Å²) in [6, 6.07) is 17.1. The standard InChI is InChI=1S/C16H19N3/c1-18-10-11-19(16-5-3-2-4-15(16)18)14-8-6-13(12-17)7-9-14/h2-9H,10-12,17H2,1H3. The van der Waals surface area contributed by atoms with Gasteiger partial charge in [-0.1, -0.05) is 24.3 Å². The first-order valence-corrected chi connectivity index (χ1v) is 6.66. The lowest BCUT2D eigenvalue weighted by atomic mass is 10.1. The van der Waals surface area contributed by atoms with Crippen molar-refractivity contribution in [3.8, 4) is 0 Å². The van der Waals surface area contributed by atoms with E-state index >= 15 is 0 Å². The van der Waals surface area contributed by atoms with Crippen LogP contribution in [0, 0.1) is 0 Å². The summed E-state index contributed by atoms with van der Waals surface area (Å²) in [5.41, 5.74) is 10.6. The topological polar surface area (TPSA) is 32.5 Å². The number of rotatable bonds is 2. The van der Waals surface area contributed by atoms with Crippen molar-refractivity contribution in [3.63, 3.8) is 0 Å². The highest BCUT2D eigenvalue weighted by molar-refractivity contribution is 5.79. The molecule has 1 aliphatic rings. The molecule has 0 unspecified atom stereocenters. The third-order valence-corrected chi connectivity index (χ3v) is 3.73. The lowest BCUT2D eigenvalue weighted by Gasteiger charge is -2.37. The van der Waals surface area contributed by atoms with Gasteiger partial charge in [0.2, 0.25) is 0 Å². The second-order valence-corrected chi connectivity index (χ2v) is 4.93. The number of likely N-dealkylation sites (N-methyl/N-ethyl adjacent to an activating group) is 1. The highest BCUT2D eigenvalue weighted by Gasteiger charge is 2.20. The van der Waals surface area contributed by atoms with Gasteiger partial charge < -0.3 is 15.5 Å². The van der Waals surface area contributed by atoms with E-state index in [4.69, 9.17) is 5.73 Å². The molecule has 1 heterocycles. The Balaban J connectivity index is 1.99. The van der Waals surface area contributed by atoms with Crippen molar-refractivity contribution < 1.29 is 0 Å². The Bertz CT molecular complexity index is 562. The van der Waals surface area contributed by atoms with Crippen molar-refractivity contribution in [2.75, 3.05) is 29.9 Å². The summed E-state index contributed by atoms with van der Waals surface area (Å²) in [7, 11) is 2.15. The minimum atomic E-state index is 0.597. The van der Waals surface area contributed by atoms with Crippen LogP contribution in [-0.4, -0.2) is 20.1 Å². The average Bonchev–Trinajstić information content (AvgIpc) is 2.48. The van der Waals surface area contributed by atoms with E-state index in [9.17, 15) is 0 Å². The predicted molar refractivity (Wildman–Crippen MR) is 81.1 cm³/mol. The normalized spacial score (nSPS) is 14.4. The second-order valence-electron chi connectivity index (χ2n) is 4.93. The summed E-state index contributed by atoms with van der Waals surface area (Å²) < 4.78 is 0. The fraction of sp³-hybridized carbons (Fsp3) is 0.250. The molecule has 2 aromatic rings. The van der Waals surface area contributed by atoms with E-state index in [1.807, 2.05) is 0 Å². The van der Waals surface area contributed by atoms with Gasteiger partial charge in [0.25, 0.3) is 0 Å². The van der Waals surface area contributed by atoms with Gasteiger partial charge >= 0.3 is 0 Å². The van der Waals surface area contributed by atoms with Gasteiger partial charge in [-0.2, -0.15) is 0 Å².